The van der Waals surface area contributed by atoms with Crippen LogP contribution >= 0.6 is 11.6 Å². The zero-order chi connectivity index (χ0) is 21.3. The van der Waals surface area contributed by atoms with Gasteiger partial charge in [-0.1, -0.05) is 17.7 Å². The SMILES string of the molecule is COc1cc(/C=C2/C(=O)NC(=O)N(c3cccc([N+](=O)[O-])c3)C2=O)cc(Cl)c1O. The number of benzene rings is 2. The molecule has 0 spiro atoms. The topological polar surface area (TPSA) is 139 Å². The minimum Gasteiger partial charge on any atom is -0.503 e. The summed E-state index contributed by atoms with van der Waals surface area (Å²) in [6, 6.07) is 6.44. The van der Waals surface area contributed by atoms with Crippen molar-refractivity contribution in [1.82, 2.24) is 5.32 Å². The molecule has 1 saturated heterocycles. The number of carbonyl (C=O) groups excluding carboxylic acids is 3. The lowest BCUT2D eigenvalue weighted by Crippen LogP contribution is -2.54. The number of hydrogen-bond donors (Lipinski definition) is 2. The second kappa shape index (κ2) is 7.60. The third kappa shape index (κ3) is 3.73. The van der Waals surface area contributed by atoms with E-state index in [1.165, 1.54) is 37.4 Å². The molecule has 4 amide bonds. The zero-order valence-corrected chi connectivity index (χ0v) is 15.5. The van der Waals surface area contributed by atoms with Crippen molar-refractivity contribution in [3.05, 3.63) is 62.7 Å². The second-order valence-corrected chi connectivity index (χ2v) is 6.20. The lowest BCUT2D eigenvalue weighted by Gasteiger charge is -2.26. The van der Waals surface area contributed by atoms with E-state index in [-0.39, 0.29) is 33.5 Å². The molecule has 0 saturated carbocycles. The first-order valence-electron chi connectivity index (χ1n) is 7.95. The van der Waals surface area contributed by atoms with Crippen LogP contribution in [0.15, 0.2) is 42.0 Å². The normalized spacial score (nSPS) is 15.4. The van der Waals surface area contributed by atoms with E-state index in [4.69, 9.17) is 16.3 Å². The molecule has 0 aromatic heterocycles. The van der Waals surface area contributed by atoms with E-state index in [1.807, 2.05) is 5.32 Å². The molecule has 3 rings (SSSR count). The summed E-state index contributed by atoms with van der Waals surface area (Å²) in [5.41, 5.74) is -0.585. The van der Waals surface area contributed by atoms with E-state index in [0.717, 1.165) is 12.1 Å². The van der Waals surface area contributed by atoms with Gasteiger partial charge in [0.25, 0.3) is 17.5 Å². The molecular formula is C18H12ClN3O7. The number of amides is 4. The van der Waals surface area contributed by atoms with Crippen LogP contribution in [0, 0.1) is 10.1 Å². The predicted octanol–water partition coefficient (Wildman–Crippen LogP) is 2.63. The van der Waals surface area contributed by atoms with Gasteiger partial charge in [0.05, 0.1) is 22.7 Å². The van der Waals surface area contributed by atoms with Crippen molar-refractivity contribution in [2.24, 2.45) is 0 Å². The first kappa shape index (κ1) is 19.8. The predicted molar refractivity (Wildman–Crippen MR) is 102 cm³/mol. The van der Waals surface area contributed by atoms with Gasteiger partial charge in [0, 0.05) is 12.1 Å². The van der Waals surface area contributed by atoms with Crippen molar-refractivity contribution in [3.63, 3.8) is 0 Å². The molecule has 29 heavy (non-hydrogen) atoms. The van der Waals surface area contributed by atoms with Crippen molar-refractivity contribution in [1.29, 1.82) is 0 Å². The highest BCUT2D eigenvalue weighted by atomic mass is 35.5. The van der Waals surface area contributed by atoms with Gasteiger partial charge in [-0.3, -0.25) is 25.0 Å². The third-order valence-corrected chi connectivity index (χ3v) is 4.27. The first-order chi connectivity index (χ1) is 13.7. The average molecular weight is 418 g/mol. The molecular weight excluding hydrogens is 406 g/mol. The fourth-order valence-corrected chi connectivity index (χ4v) is 2.86. The number of aromatic hydroxyl groups is 1. The molecule has 2 aromatic carbocycles. The highest BCUT2D eigenvalue weighted by Gasteiger charge is 2.37. The minimum absolute atomic E-state index is 0.0135. The first-order valence-corrected chi connectivity index (χ1v) is 8.33. The number of non-ortho nitro benzene ring substituents is 1. The summed E-state index contributed by atoms with van der Waals surface area (Å²) in [5.74, 6) is -2.24. The number of urea groups is 1. The Labute approximate surface area is 168 Å². The minimum atomic E-state index is -1.04. The van der Waals surface area contributed by atoms with Crippen LogP contribution < -0.4 is 15.0 Å². The second-order valence-electron chi connectivity index (χ2n) is 5.79. The maximum atomic E-state index is 12.8. The number of carbonyl (C=O) groups is 3. The Balaban J connectivity index is 2.06. The smallest absolute Gasteiger partial charge is 0.335 e. The summed E-state index contributed by atoms with van der Waals surface area (Å²) in [6.07, 6.45) is 1.16. The zero-order valence-electron chi connectivity index (χ0n) is 14.7. The molecule has 0 bridgehead atoms. The Kier molecular flexibility index (Phi) is 5.20. The number of halogens is 1. The van der Waals surface area contributed by atoms with Crippen LogP contribution in [0.2, 0.25) is 5.02 Å². The monoisotopic (exact) mass is 417 g/mol. The number of hydrogen-bond acceptors (Lipinski definition) is 7. The van der Waals surface area contributed by atoms with Gasteiger partial charge >= 0.3 is 6.03 Å². The molecule has 1 heterocycles. The van der Waals surface area contributed by atoms with Gasteiger partial charge in [-0.2, -0.15) is 0 Å². The Hall–Kier alpha value is -3.92. The maximum absolute atomic E-state index is 12.8. The number of anilines is 1. The fourth-order valence-electron chi connectivity index (χ4n) is 2.64. The lowest BCUT2D eigenvalue weighted by atomic mass is 10.1. The van der Waals surface area contributed by atoms with Gasteiger partial charge in [-0.05, 0) is 29.8 Å². The van der Waals surface area contributed by atoms with Crippen molar-refractivity contribution >= 4 is 46.9 Å². The summed E-state index contributed by atoms with van der Waals surface area (Å²) < 4.78 is 4.97. The number of rotatable bonds is 4. The average Bonchev–Trinajstić information content (AvgIpc) is 2.67. The third-order valence-electron chi connectivity index (χ3n) is 3.98. The van der Waals surface area contributed by atoms with Crippen LogP contribution in [-0.2, 0) is 9.59 Å². The number of phenols is 1. The Morgan fingerprint density at radius 3 is 2.62 bits per heavy atom. The Morgan fingerprint density at radius 2 is 1.97 bits per heavy atom. The summed E-state index contributed by atoms with van der Waals surface area (Å²) in [4.78, 5) is 48.1. The van der Waals surface area contributed by atoms with E-state index >= 15 is 0 Å². The molecule has 1 aliphatic heterocycles. The Bertz CT molecular complexity index is 1100. The van der Waals surface area contributed by atoms with Crippen LogP contribution in [0.3, 0.4) is 0 Å². The van der Waals surface area contributed by atoms with Crippen molar-refractivity contribution in [3.8, 4) is 11.5 Å². The van der Waals surface area contributed by atoms with Gasteiger partial charge in [0.2, 0.25) is 0 Å². The molecule has 0 radical (unpaired) electrons. The highest BCUT2D eigenvalue weighted by molar-refractivity contribution is 6.39. The number of nitrogens with one attached hydrogen (secondary N) is 1. The van der Waals surface area contributed by atoms with E-state index < -0.39 is 28.3 Å². The van der Waals surface area contributed by atoms with Gasteiger partial charge < -0.3 is 9.84 Å². The fraction of sp³-hybridized carbons (Fsp3) is 0.0556. The van der Waals surface area contributed by atoms with E-state index in [0.29, 0.717) is 4.90 Å². The van der Waals surface area contributed by atoms with Crippen molar-refractivity contribution in [2.75, 3.05) is 12.0 Å². The van der Waals surface area contributed by atoms with Crippen LogP contribution in [-0.4, -0.2) is 35.0 Å². The number of ether oxygens (including phenoxy) is 1. The number of phenolic OH excluding ortho intramolecular Hbond substituents is 1. The van der Waals surface area contributed by atoms with Crippen LogP contribution in [0.4, 0.5) is 16.2 Å². The molecule has 148 valence electrons. The maximum Gasteiger partial charge on any atom is 0.335 e. The molecule has 1 fully saturated rings. The van der Waals surface area contributed by atoms with Gasteiger partial charge in [-0.25, -0.2) is 9.69 Å². The number of nitro groups is 1. The number of barbiturate groups is 1. The van der Waals surface area contributed by atoms with Crippen LogP contribution in [0.5, 0.6) is 11.5 Å². The highest BCUT2D eigenvalue weighted by Crippen LogP contribution is 2.36. The molecule has 0 atom stereocenters. The lowest BCUT2D eigenvalue weighted by molar-refractivity contribution is -0.384. The summed E-state index contributed by atoms with van der Waals surface area (Å²) >= 11 is 5.91. The molecule has 2 aromatic rings. The molecule has 2 N–H and O–H groups in total. The number of imide groups is 2. The summed E-state index contributed by atoms with van der Waals surface area (Å²) in [6.45, 7) is 0. The van der Waals surface area contributed by atoms with Crippen molar-refractivity contribution in [2.45, 2.75) is 0 Å². The Morgan fingerprint density at radius 1 is 1.24 bits per heavy atom. The van der Waals surface area contributed by atoms with Gasteiger partial charge in [0.15, 0.2) is 11.5 Å². The van der Waals surface area contributed by atoms with Gasteiger partial charge in [0.1, 0.15) is 5.57 Å². The quantitative estimate of drug-likeness (QED) is 0.337. The van der Waals surface area contributed by atoms with Gasteiger partial charge in [-0.15, -0.1) is 0 Å². The molecule has 0 aliphatic carbocycles. The summed E-state index contributed by atoms with van der Waals surface area (Å²) in [7, 11) is 1.30. The standard InChI is InChI=1S/C18H12ClN3O7/c1-29-14-7-9(6-13(19)15(14)23)5-12-16(24)20-18(26)21(17(12)25)10-3-2-4-11(8-10)22(27)28/h2-8,23H,1H3,(H,20,24,26)/b12-5-. The molecule has 1 aliphatic rings. The number of nitro benzene ring substituents is 1. The van der Waals surface area contributed by atoms with Crippen molar-refractivity contribution < 1.29 is 29.2 Å². The van der Waals surface area contributed by atoms with Crippen LogP contribution in [0.1, 0.15) is 5.56 Å². The molecule has 10 nitrogen and oxygen atoms in total. The summed E-state index contributed by atoms with van der Waals surface area (Å²) in [5, 5.41) is 22.7. The van der Waals surface area contributed by atoms with E-state index in [2.05, 4.69) is 0 Å². The molecule has 0 unspecified atom stereocenters. The van der Waals surface area contributed by atoms with E-state index in [9.17, 15) is 29.6 Å². The molecule has 11 heteroatoms. The van der Waals surface area contributed by atoms with E-state index in [1.54, 1.807) is 0 Å². The van der Waals surface area contributed by atoms with Crippen LogP contribution in [0.25, 0.3) is 6.08 Å². The number of methoxy groups -OCH3 is 1. The number of nitrogens with zero attached hydrogens (tertiary/aromatic N) is 2. The largest absolute Gasteiger partial charge is 0.503 e.